The highest BCUT2D eigenvalue weighted by atomic mass is 127. The molecule has 0 bridgehead atoms. The van der Waals surface area contributed by atoms with Gasteiger partial charge < -0.3 is 11.1 Å². The first kappa shape index (κ1) is 20.2. The van der Waals surface area contributed by atoms with Crippen LogP contribution in [0.5, 0.6) is 0 Å². The van der Waals surface area contributed by atoms with Gasteiger partial charge in [0.2, 0.25) is 10.0 Å². The number of aliphatic imine (C=N–C) groups is 1. The summed E-state index contributed by atoms with van der Waals surface area (Å²) in [5, 5.41) is 3.05. The van der Waals surface area contributed by atoms with E-state index in [0.717, 1.165) is 24.9 Å². The number of hydrogen-bond acceptors (Lipinski definition) is 3. The Morgan fingerprint density at radius 3 is 2.57 bits per heavy atom. The fourth-order valence-electron chi connectivity index (χ4n) is 2.73. The van der Waals surface area contributed by atoms with Gasteiger partial charge in [-0.15, -0.1) is 24.0 Å². The number of nitrogens with two attached hydrogens (primary N) is 1. The first-order valence-corrected chi connectivity index (χ1v) is 9.33. The van der Waals surface area contributed by atoms with E-state index in [-0.39, 0.29) is 35.9 Å². The number of aryl methyl sites for hydroxylation is 1. The molecule has 1 aliphatic carbocycles. The highest BCUT2D eigenvalue weighted by Crippen LogP contribution is 2.26. The number of benzene rings is 1. The lowest BCUT2D eigenvalue weighted by molar-refractivity contribution is 0.455. The highest BCUT2D eigenvalue weighted by molar-refractivity contribution is 14.0. The monoisotopic (exact) mass is 452 g/mol. The lowest BCUT2D eigenvalue weighted by Crippen LogP contribution is -2.38. The Kier molecular flexibility index (Phi) is 7.75. The van der Waals surface area contributed by atoms with Gasteiger partial charge in [0.1, 0.15) is 0 Å². The van der Waals surface area contributed by atoms with E-state index in [9.17, 15) is 8.42 Å². The molecule has 0 spiro atoms. The van der Waals surface area contributed by atoms with Gasteiger partial charge in [0, 0.05) is 18.3 Å². The molecule has 8 heteroatoms. The highest BCUT2D eigenvalue weighted by Gasteiger charge is 2.29. The molecule has 1 saturated carbocycles. The van der Waals surface area contributed by atoms with Crippen LogP contribution in [0.15, 0.2) is 29.3 Å². The van der Waals surface area contributed by atoms with E-state index in [4.69, 9.17) is 5.73 Å². The number of halogens is 1. The normalized spacial score (nSPS) is 21.7. The van der Waals surface area contributed by atoms with Crippen LogP contribution in [0.25, 0.3) is 0 Å². The zero-order valence-electron chi connectivity index (χ0n) is 13.5. The van der Waals surface area contributed by atoms with E-state index in [1.165, 1.54) is 11.8 Å². The second-order valence-corrected chi connectivity index (χ2v) is 7.68. The van der Waals surface area contributed by atoms with Gasteiger partial charge in [-0.25, -0.2) is 13.1 Å². The van der Waals surface area contributed by atoms with Crippen LogP contribution in [0.2, 0.25) is 0 Å². The number of nitrogens with zero attached hydrogens (tertiary/aromatic N) is 1. The van der Waals surface area contributed by atoms with Crippen LogP contribution in [-0.4, -0.2) is 33.2 Å². The standard InChI is InChI=1S/C15H24N4O2S.HI/c1-11-6-8-13(9-7-11)18-15(16)17-10-12-4-3-5-14(12)19-22(2,20)21;/h6-9,12,14,19H,3-5,10H2,1-2H3,(H3,16,17,18);1H. The van der Waals surface area contributed by atoms with Crippen molar-refractivity contribution >= 4 is 45.6 Å². The van der Waals surface area contributed by atoms with Crippen molar-refractivity contribution in [1.82, 2.24) is 4.72 Å². The van der Waals surface area contributed by atoms with Crippen molar-refractivity contribution in [3.8, 4) is 0 Å². The van der Waals surface area contributed by atoms with Crippen LogP contribution >= 0.6 is 24.0 Å². The molecule has 1 aromatic rings. The molecule has 6 nitrogen and oxygen atoms in total. The number of sulfonamides is 1. The van der Waals surface area contributed by atoms with Crippen molar-refractivity contribution in [2.24, 2.45) is 16.6 Å². The van der Waals surface area contributed by atoms with E-state index in [1.54, 1.807) is 0 Å². The van der Waals surface area contributed by atoms with Gasteiger partial charge in [0.15, 0.2) is 5.96 Å². The first-order valence-electron chi connectivity index (χ1n) is 7.44. The maximum Gasteiger partial charge on any atom is 0.208 e. The molecule has 0 heterocycles. The maximum atomic E-state index is 11.4. The van der Waals surface area contributed by atoms with Gasteiger partial charge in [-0.05, 0) is 37.8 Å². The van der Waals surface area contributed by atoms with Crippen molar-refractivity contribution < 1.29 is 8.42 Å². The fourth-order valence-corrected chi connectivity index (χ4v) is 3.59. The fraction of sp³-hybridized carbons (Fsp3) is 0.533. The van der Waals surface area contributed by atoms with Crippen LogP contribution in [-0.2, 0) is 10.0 Å². The zero-order valence-corrected chi connectivity index (χ0v) is 16.6. The van der Waals surface area contributed by atoms with E-state index in [2.05, 4.69) is 15.0 Å². The molecule has 1 aromatic carbocycles. The summed E-state index contributed by atoms with van der Waals surface area (Å²) in [6.45, 7) is 2.55. The minimum Gasteiger partial charge on any atom is -0.370 e. The quantitative estimate of drug-likeness (QED) is 0.362. The Morgan fingerprint density at radius 1 is 1.30 bits per heavy atom. The van der Waals surface area contributed by atoms with Crippen LogP contribution in [0.3, 0.4) is 0 Å². The lowest BCUT2D eigenvalue weighted by atomic mass is 10.1. The zero-order chi connectivity index (χ0) is 16.2. The average molecular weight is 452 g/mol. The van der Waals surface area contributed by atoms with Crippen molar-refractivity contribution in [3.63, 3.8) is 0 Å². The molecule has 0 saturated heterocycles. The van der Waals surface area contributed by atoms with E-state index >= 15 is 0 Å². The molecule has 2 atom stereocenters. The predicted octanol–water partition coefficient (Wildman–Crippen LogP) is 2.06. The van der Waals surface area contributed by atoms with Gasteiger partial charge in [-0.1, -0.05) is 24.1 Å². The second-order valence-electron chi connectivity index (χ2n) is 5.90. The van der Waals surface area contributed by atoms with E-state index in [1.807, 2.05) is 31.2 Å². The molecular formula is C15H25IN4O2S. The van der Waals surface area contributed by atoms with Gasteiger partial charge in [-0.2, -0.15) is 0 Å². The Bertz CT molecular complexity index is 631. The van der Waals surface area contributed by atoms with Crippen molar-refractivity contribution in [3.05, 3.63) is 29.8 Å². The molecular weight excluding hydrogens is 427 g/mol. The number of rotatable bonds is 5. The van der Waals surface area contributed by atoms with Crippen LogP contribution < -0.4 is 15.8 Å². The molecule has 1 fully saturated rings. The molecule has 0 aliphatic heterocycles. The third-order valence-electron chi connectivity index (χ3n) is 3.84. The maximum absolute atomic E-state index is 11.4. The number of guanidine groups is 1. The third-order valence-corrected chi connectivity index (χ3v) is 4.58. The largest absolute Gasteiger partial charge is 0.370 e. The Balaban J connectivity index is 0.00000264. The van der Waals surface area contributed by atoms with Crippen molar-refractivity contribution in [2.75, 3.05) is 18.1 Å². The Morgan fingerprint density at radius 2 is 1.96 bits per heavy atom. The first-order chi connectivity index (χ1) is 10.3. The Labute approximate surface area is 155 Å². The summed E-state index contributed by atoms with van der Waals surface area (Å²) < 4.78 is 25.4. The minimum absolute atomic E-state index is 0. The summed E-state index contributed by atoms with van der Waals surface area (Å²) in [6.07, 6.45) is 4.03. The summed E-state index contributed by atoms with van der Waals surface area (Å²) in [5.74, 6) is 0.557. The van der Waals surface area contributed by atoms with Gasteiger partial charge in [0.25, 0.3) is 0 Å². The summed E-state index contributed by atoms with van der Waals surface area (Å²) in [6, 6.07) is 7.85. The van der Waals surface area contributed by atoms with Gasteiger partial charge >= 0.3 is 0 Å². The van der Waals surface area contributed by atoms with Crippen molar-refractivity contribution in [2.45, 2.75) is 32.2 Å². The van der Waals surface area contributed by atoms with Gasteiger partial charge in [0.05, 0.1) is 6.26 Å². The molecule has 0 amide bonds. The van der Waals surface area contributed by atoms with Gasteiger partial charge in [-0.3, -0.25) is 4.99 Å². The van der Waals surface area contributed by atoms with Crippen LogP contribution in [0.1, 0.15) is 24.8 Å². The molecule has 23 heavy (non-hydrogen) atoms. The smallest absolute Gasteiger partial charge is 0.208 e. The molecule has 0 aromatic heterocycles. The summed E-state index contributed by atoms with van der Waals surface area (Å²) in [7, 11) is -3.18. The lowest BCUT2D eigenvalue weighted by Gasteiger charge is -2.18. The molecule has 2 rings (SSSR count). The number of anilines is 1. The summed E-state index contributed by atoms with van der Waals surface area (Å²) in [5.41, 5.74) is 7.97. The topological polar surface area (TPSA) is 96.6 Å². The van der Waals surface area contributed by atoms with Crippen LogP contribution in [0, 0.1) is 12.8 Å². The molecule has 2 unspecified atom stereocenters. The SMILES string of the molecule is Cc1ccc(NC(N)=NCC2CCCC2NS(C)(=O)=O)cc1.I. The Hall–Kier alpha value is -0.870. The van der Waals surface area contributed by atoms with E-state index < -0.39 is 10.0 Å². The minimum atomic E-state index is -3.18. The number of hydrogen-bond donors (Lipinski definition) is 3. The second kappa shape index (κ2) is 8.84. The predicted molar refractivity (Wildman–Crippen MR) is 106 cm³/mol. The van der Waals surface area contributed by atoms with Crippen LogP contribution in [0.4, 0.5) is 5.69 Å². The van der Waals surface area contributed by atoms with Crippen molar-refractivity contribution in [1.29, 1.82) is 0 Å². The summed E-state index contributed by atoms with van der Waals surface area (Å²) >= 11 is 0. The number of nitrogens with one attached hydrogen (secondary N) is 2. The molecule has 4 N–H and O–H groups in total. The average Bonchev–Trinajstić information content (AvgIpc) is 2.84. The van der Waals surface area contributed by atoms with E-state index in [0.29, 0.717) is 12.5 Å². The third kappa shape index (κ3) is 7.05. The molecule has 1 aliphatic rings. The summed E-state index contributed by atoms with van der Waals surface area (Å²) in [4.78, 5) is 4.35. The molecule has 0 radical (unpaired) electrons. The molecule has 130 valence electrons.